The lowest BCUT2D eigenvalue weighted by atomic mass is 9.94. The summed E-state index contributed by atoms with van der Waals surface area (Å²) in [6.07, 6.45) is 0. The lowest BCUT2D eigenvalue weighted by Crippen LogP contribution is -3.06. The van der Waals surface area contributed by atoms with Crippen LogP contribution in [0.3, 0.4) is 0 Å². The van der Waals surface area contributed by atoms with Crippen LogP contribution in [0.2, 0.25) is 0 Å². The number of esters is 1. The zero-order valence-electron chi connectivity index (χ0n) is 19.4. The van der Waals surface area contributed by atoms with Gasteiger partial charge in [-0.1, -0.05) is 33.8 Å². The van der Waals surface area contributed by atoms with Crippen molar-refractivity contribution in [2.24, 2.45) is 0 Å². The van der Waals surface area contributed by atoms with E-state index < -0.39 is 29.5 Å². The van der Waals surface area contributed by atoms with Gasteiger partial charge in [0, 0.05) is 15.7 Å². The smallest absolute Gasteiger partial charge is 0.355 e. The third-order valence-electron chi connectivity index (χ3n) is 5.71. The predicted molar refractivity (Wildman–Crippen MR) is 124 cm³/mol. The first-order chi connectivity index (χ1) is 15.6. The molecule has 2 heterocycles. The normalized spacial score (nSPS) is 17.8. The highest BCUT2D eigenvalue weighted by molar-refractivity contribution is 9.10. The van der Waals surface area contributed by atoms with Crippen LogP contribution in [0.15, 0.2) is 34.3 Å². The molecule has 1 atom stereocenters. The maximum absolute atomic E-state index is 13.7. The van der Waals surface area contributed by atoms with Gasteiger partial charge >= 0.3 is 5.97 Å². The van der Waals surface area contributed by atoms with Gasteiger partial charge in [0.05, 0.1) is 39.8 Å². The van der Waals surface area contributed by atoms with Gasteiger partial charge in [-0.15, -0.1) is 0 Å². The summed E-state index contributed by atoms with van der Waals surface area (Å²) in [7, 11) is 3.91. The van der Waals surface area contributed by atoms with Crippen molar-refractivity contribution in [2.45, 2.75) is 26.8 Å². The number of nitrogens with zero attached hydrogens (tertiary/aromatic N) is 1. The van der Waals surface area contributed by atoms with Gasteiger partial charge in [-0.3, -0.25) is 9.59 Å². The van der Waals surface area contributed by atoms with Crippen molar-refractivity contribution in [3.05, 3.63) is 62.4 Å². The van der Waals surface area contributed by atoms with E-state index in [2.05, 4.69) is 20.9 Å². The highest BCUT2D eigenvalue weighted by Crippen LogP contribution is 2.40. The van der Waals surface area contributed by atoms with Gasteiger partial charge in [-0.05, 0) is 49.6 Å². The first-order valence-electron chi connectivity index (χ1n) is 10.8. The largest absolute Gasteiger partial charge is 0.872 e. The molecule has 0 bridgehead atoms. The number of likely N-dealkylation sites (N-methyl/N-ethyl adjacent to an activating group) is 1. The minimum atomic E-state index is -0.806. The van der Waals surface area contributed by atoms with Crippen LogP contribution >= 0.6 is 15.9 Å². The summed E-state index contributed by atoms with van der Waals surface area (Å²) in [5.41, 5.74) is 1.80. The molecule has 1 unspecified atom stereocenters. The lowest BCUT2D eigenvalue weighted by molar-refractivity contribution is -0.857. The third kappa shape index (κ3) is 4.74. The Morgan fingerprint density at radius 2 is 1.85 bits per heavy atom. The predicted octanol–water partition coefficient (Wildman–Crippen LogP) is 0.939. The number of ketones is 1. The minimum Gasteiger partial charge on any atom is -0.872 e. The number of nitrogens with one attached hydrogen (secondary N) is 2. The number of aromatic amines is 1. The fourth-order valence-electron chi connectivity index (χ4n) is 4.07. The van der Waals surface area contributed by atoms with Gasteiger partial charge in [0.2, 0.25) is 5.78 Å². The molecule has 33 heavy (non-hydrogen) atoms. The molecule has 1 aromatic carbocycles. The van der Waals surface area contributed by atoms with Crippen LogP contribution in [0.1, 0.15) is 45.8 Å². The number of amides is 1. The number of hydrogen-bond acceptors (Lipinski definition) is 5. The number of rotatable bonds is 7. The molecule has 9 heteroatoms. The van der Waals surface area contributed by atoms with E-state index in [0.29, 0.717) is 29.9 Å². The van der Waals surface area contributed by atoms with Gasteiger partial charge < -0.3 is 24.6 Å². The number of benzene rings is 1. The second-order valence-electron chi connectivity index (χ2n) is 8.33. The number of quaternary nitrogens is 1. The number of carbonyl (C=O) groups is 3. The maximum atomic E-state index is 13.7. The van der Waals surface area contributed by atoms with Crippen LogP contribution in [0.5, 0.6) is 0 Å². The van der Waals surface area contributed by atoms with Gasteiger partial charge in [0.1, 0.15) is 5.69 Å². The zero-order valence-corrected chi connectivity index (χ0v) is 21.0. The van der Waals surface area contributed by atoms with Crippen molar-refractivity contribution >= 4 is 39.3 Å². The molecule has 8 nitrogen and oxygen atoms in total. The van der Waals surface area contributed by atoms with Crippen LogP contribution < -0.4 is 10.0 Å². The summed E-state index contributed by atoms with van der Waals surface area (Å²) in [5.74, 6) is -2.62. The fraction of sp³-hybridized carbons (Fsp3) is 0.375. The Bertz CT molecular complexity index is 1120. The Labute approximate surface area is 201 Å². The van der Waals surface area contributed by atoms with Gasteiger partial charge in [-0.2, -0.15) is 0 Å². The molecule has 1 aliphatic rings. The Balaban J connectivity index is 2.19. The number of carbonyl (C=O) groups excluding carboxylic acids is 3. The summed E-state index contributed by atoms with van der Waals surface area (Å²) in [6.45, 7) is 6.12. The van der Waals surface area contributed by atoms with E-state index >= 15 is 0 Å². The number of halogens is 1. The molecular formula is C24H28BrN3O5. The Kier molecular flexibility index (Phi) is 7.44. The number of likely N-dealkylation sites (tertiary alicyclic amines) is 1. The molecule has 0 radical (unpaired) electrons. The molecule has 2 N–H and O–H groups in total. The van der Waals surface area contributed by atoms with Crippen molar-refractivity contribution in [1.82, 2.24) is 9.88 Å². The van der Waals surface area contributed by atoms with Gasteiger partial charge in [-0.25, -0.2) is 4.79 Å². The third-order valence-corrected chi connectivity index (χ3v) is 6.24. The molecule has 1 amide bonds. The first-order valence-corrected chi connectivity index (χ1v) is 11.5. The monoisotopic (exact) mass is 517 g/mol. The fourth-order valence-corrected chi connectivity index (χ4v) is 4.33. The molecule has 0 spiro atoms. The van der Waals surface area contributed by atoms with E-state index in [1.54, 1.807) is 32.9 Å². The second kappa shape index (κ2) is 9.93. The summed E-state index contributed by atoms with van der Waals surface area (Å²) in [6, 6.07) is 6.41. The molecule has 2 aromatic rings. The number of hydrogen-bond donors (Lipinski definition) is 2. The van der Waals surface area contributed by atoms with Crippen molar-refractivity contribution in [3.8, 4) is 0 Å². The van der Waals surface area contributed by atoms with Crippen molar-refractivity contribution in [2.75, 3.05) is 33.8 Å². The van der Waals surface area contributed by atoms with E-state index in [1.807, 2.05) is 26.2 Å². The van der Waals surface area contributed by atoms with Crippen LogP contribution in [0, 0.1) is 13.8 Å². The van der Waals surface area contributed by atoms with E-state index in [4.69, 9.17) is 4.74 Å². The summed E-state index contributed by atoms with van der Waals surface area (Å²) < 4.78 is 5.91. The topological polar surface area (TPSA) is 107 Å². The molecule has 1 aromatic heterocycles. The standard InChI is InChI=1S/C24H28BrN3O5/c1-6-33-24(32)19-13(2)17(14(3)26-19)21(29)18-20(15-7-9-16(25)10-8-15)28(12-11-27(4)5)23(31)22(18)30/h7-10,20,26,29H,6,11-12H2,1-5H3. The average Bonchev–Trinajstić information content (AvgIpc) is 3.19. The minimum absolute atomic E-state index is 0.100. The van der Waals surface area contributed by atoms with Crippen LogP contribution in [0.25, 0.3) is 5.76 Å². The summed E-state index contributed by atoms with van der Waals surface area (Å²) >= 11 is 3.40. The quantitative estimate of drug-likeness (QED) is 0.246. The van der Waals surface area contributed by atoms with E-state index in [9.17, 15) is 19.5 Å². The summed E-state index contributed by atoms with van der Waals surface area (Å²) in [5, 5.41) is 13.7. The maximum Gasteiger partial charge on any atom is 0.355 e. The first kappa shape index (κ1) is 24.7. The number of aromatic nitrogens is 1. The number of H-pyrrole nitrogens is 1. The van der Waals surface area contributed by atoms with Crippen LogP contribution in [0.4, 0.5) is 0 Å². The molecule has 1 saturated heterocycles. The average molecular weight is 518 g/mol. The molecule has 0 saturated carbocycles. The van der Waals surface area contributed by atoms with Crippen molar-refractivity contribution in [1.29, 1.82) is 0 Å². The van der Waals surface area contributed by atoms with Crippen LogP contribution in [-0.4, -0.2) is 61.3 Å². The molecule has 3 rings (SSSR count). The molecule has 176 valence electrons. The number of Topliss-reactive ketones (excluding diaryl/α,β-unsaturated/α-hetero) is 1. The van der Waals surface area contributed by atoms with Gasteiger partial charge in [0.25, 0.3) is 5.91 Å². The van der Waals surface area contributed by atoms with E-state index in [-0.39, 0.29) is 23.4 Å². The second-order valence-corrected chi connectivity index (χ2v) is 9.24. The Hall–Kier alpha value is -2.91. The lowest BCUT2D eigenvalue weighted by Gasteiger charge is -2.28. The van der Waals surface area contributed by atoms with E-state index in [0.717, 1.165) is 9.37 Å². The highest BCUT2D eigenvalue weighted by Gasteiger charge is 2.44. The molecule has 0 aliphatic carbocycles. The zero-order chi connectivity index (χ0) is 24.4. The Morgan fingerprint density at radius 3 is 2.42 bits per heavy atom. The molecular weight excluding hydrogens is 490 g/mol. The van der Waals surface area contributed by atoms with Crippen molar-refractivity contribution in [3.63, 3.8) is 0 Å². The number of aryl methyl sites for hydroxylation is 1. The SMILES string of the molecule is CCOC(=O)c1[nH]c(C)c(C([O-])=C2C(=O)C(=O)N(CC[NH+](C)C)C2c2ccc(Br)cc2)c1C. The van der Waals surface area contributed by atoms with Crippen molar-refractivity contribution < 1.29 is 29.1 Å². The Morgan fingerprint density at radius 1 is 1.21 bits per heavy atom. The summed E-state index contributed by atoms with van der Waals surface area (Å²) in [4.78, 5) is 43.9. The van der Waals surface area contributed by atoms with Gasteiger partial charge in [0.15, 0.2) is 0 Å². The van der Waals surface area contributed by atoms with E-state index in [1.165, 1.54) is 4.90 Å². The van der Waals surface area contributed by atoms with Crippen LogP contribution in [-0.2, 0) is 14.3 Å². The highest BCUT2D eigenvalue weighted by atomic mass is 79.9. The number of ether oxygens (including phenoxy) is 1. The molecule has 1 fully saturated rings. The molecule has 1 aliphatic heterocycles.